The van der Waals surface area contributed by atoms with E-state index in [4.69, 9.17) is 0 Å². The Labute approximate surface area is 100 Å². The van der Waals surface area contributed by atoms with Crippen LogP contribution in [-0.4, -0.2) is 12.8 Å². The van der Waals surface area contributed by atoms with Crippen molar-refractivity contribution in [2.24, 2.45) is 0 Å². The monoisotopic (exact) mass is 233 g/mol. The minimum Gasteiger partial charge on any atom is -0.335 e. The van der Waals surface area contributed by atoms with Gasteiger partial charge in [0.2, 0.25) is 0 Å². The third kappa shape index (κ3) is 2.14. The SMILES string of the molecule is CCCCN1/C(=C/C=O)Sc2ccccc21. The van der Waals surface area contributed by atoms with Crippen LogP contribution in [0.15, 0.2) is 40.3 Å². The molecule has 1 aliphatic rings. The van der Waals surface area contributed by atoms with Gasteiger partial charge in [0.15, 0.2) is 0 Å². The number of carbonyl (C=O) groups excluding carboxylic acids is 1. The van der Waals surface area contributed by atoms with Crippen LogP contribution >= 0.6 is 11.8 Å². The molecule has 1 aromatic carbocycles. The molecule has 1 aliphatic heterocycles. The Kier molecular flexibility index (Phi) is 3.67. The first-order valence-corrected chi connectivity index (χ1v) is 6.38. The fourth-order valence-corrected chi connectivity index (χ4v) is 2.86. The number of carbonyl (C=O) groups is 1. The summed E-state index contributed by atoms with van der Waals surface area (Å²) in [5.41, 5.74) is 1.23. The fraction of sp³-hybridized carbons (Fsp3) is 0.308. The van der Waals surface area contributed by atoms with Gasteiger partial charge in [-0.15, -0.1) is 0 Å². The molecule has 2 rings (SSSR count). The number of thioether (sulfide) groups is 1. The normalized spacial score (nSPS) is 16.6. The second kappa shape index (κ2) is 5.21. The van der Waals surface area contributed by atoms with Gasteiger partial charge in [0.1, 0.15) is 6.29 Å². The zero-order valence-corrected chi connectivity index (χ0v) is 10.2. The van der Waals surface area contributed by atoms with E-state index in [1.165, 1.54) is 10.6 Å². The molecule has 1 heterocycles. The average Bonchev–Trinajstić information content (AvgIpc) is 2.65. The van der Waals surface area contributed by atoms with Crippen LogP contribution in [0.25, 0.3) is 0 Å². The predicted octanol–water partition coefficient (Wildman–Crippen LogP) is 3.44. The summed E-state index contributed by atoms with van der Waals surface area (Å²) in [6, 6.07) is 8.30. The highest BCUT2D eigenvalue weighted by Gasteiger charge is 2.23. The summed E-state index contributed by atoms with van der Waals surface area (Å²) in [4.78, 5) is 14.1. The number of nitrogens with zero attached hydrogens (tertiary/aromatic N) is 1. The van der Waals surface area contributed by atoms with Crippen molar-refractivity contribution < 1.29 is 4.79 Å². The van der Waals surface area contributed by atoms with Gasteiger partial charge in [-0.05, 0) is 18.6 Å². The molecular weight excluding hydrogens is 218 g/mol. The molecular formula is C13H15NOS. The van der Waals surface area contributed by atoms with Crippen LogP contribution in [-0.2, 0) is 4.79 Å². The van der Waals surface area contributed by atoms with Crippen molar-refractivity contribution in [3.63, 3.8) is 0 Å². The van der Waals surface area contributed by atoms with Gasteiger partial charge in [-0.2, -0.15) is 0 Å². The number of allylic oxidation sites excluding steroid dienone is 1. The third-order valence-electron chi connectivity index (χ3n) is 2.58. The number of rotatable bonds is 4. The van der Waals surface area contributed by atoms with Gasteiger partial charge in [-0.1, -0.05) is 37.2 Å². The van der Waals surface area contributed by atoms with Gasteiger partial charge in [-0.25, -0.2) is 0 Å². The van der Waals surface area contributed by atoms with Gasteiger partial charge >= 0.3 is 0 Å². The third-order valence-corrected chi connectivity index (χ3v) is 3.71. The topological polar surface area (TPSA) is 20.3 Å². The summed E-state index contributed by atoms with van der Waals surface area (Å²) < 4.78 is 0. The molecule has 0 fully saturated rings. The van der Waals surface area contributed by atoms with Crippen molar-refractivity contribution >= 4 is 23.7 Å². The number of unbranched alkanes of at least 4 members (excludes halogenated alkanes) is 1. The number of benzene rings is 1. The zero-order chi connectivity index (χ0) is 11.4. The van der Waals surface area contributed by atoms with E-state index >= 15 is 0 Å². The summed E-state index contributed by atoms with van der Waals surface area (Å²) in [6.45, 7) is 3.17. The van der Waals surface area contributed by atoms with Crippen LogP contribution in [0.3, 0.4) is 0 Å². The Morgan fingerprint density at radius 3 is 2.94 bits per heavy atom. The minimum absolute atomic E-state index is 0.868. The zero-order valence-electron chi connectivity index (χ0n) is 9.35. The molecule has 0 N–H and O–H groups in total. The molecule has 1 aromatic rings. The second-order valence-corrected chi connectivity index (χ2v) is 4.78. The first-order valence-electron chi connectivity index (χ1n) is 5.56. The summed E-state index contributed by atoms with van der Waals surface area (Å²) in [5, 5.41) is 1.05. The number of anilines is 1. The molecule has 0 unspecified atom stereocenters. The Morgan fingerprint density at radius 2 is 2.19 bits per heavy atom. The van der Waals surface area contributed by atoms with Crippen molar-refractivity contribution in [3.05, 3.63) is 35.4 Å². The van der Waals surface area contributed by atoms with Crippen LogP contribution < -0.4 is 4.90 Å². The largest absolute Gasteiger partial charge is 0.335 e. The highest BCUT2D eigenvalue weighted by molar-refractivity contribution is 8.03. The molecule has 0 spiro atoms. The van der Waals surface area contributed by atoms with E-state index in [9.17, 15) is 4.79 Å². The quantitative estimate of drug-likeness (QED) is 0.587. The summed E-state index contributed by atoms with van der Waals surface area (Å²) in [6.07, 6.45) is 4.83. The molecule has 0 radical (unpaired) electrons. The lowest BCUT2D eigenvalue weighted by Gasteiger charge is -2.19. The molecule has 2 nitrogen and oxygen atoms in total. The molecule has 0 bridgehead atoms. The van der Waals surface area contributed by atoms with Crippen LogP contribution in [0.4, 0.5) is 5.69 Å². The van der Waals surface area contributed by atoms with Crippen LogP contribution in [0.1, 0.15) is 19.8 Å². The molecule has 84 valence electrons. The Hall–Kier alpha value is -1.22. The summed E-state index contributed by atoms with van der Waals surface area (Å²) >= 11 is 1.68. The highest BCUT2D eigenvalue weighted by Crippen LogP contribution is 2.45. The molecule has 0 amide bonds. The van der Waals surface area contributed by atoms with Crippen LogP contribution in [0.5, 0.6) is 0 Å². The smallest absolute Gasteiger partial charge is 0.145 e. The van der Waals surface area contributed by atoms with Crippen molar-refractivity contribution in [1.82, 2.24) is 0 Å². The van der Waals surface area contributed by atoms with Gasteiger partial charge < -0.3 is 4.90 Å². The van der Waals surface area contributed by atoms with Crippen LogP contribution in [0.2, 0.25) is 0 Å². The standard InChI is InChI=1S/C13H15NOS/c1-2-3-9-14-11-6-4-5-7-12(11)16-13(14)8-10-15/h4-8,10H,2-3,9H2,1H3/b13-8-. The van der Waals surface area contributed by atoms with Gasteiger partial charge in [0, 0.05) is 17.5 Å². The first-order chi connectivity index (χ1) is 7.86. The number of fused-ring (bicyclic) bond motifs is 1. The van der Waals surface area contributed by atoms with Crippen LogP contribution in [0, 0.1) is 0 Å². The molecule has 0 aliphatic carbocycles. The molecule has 0 atom stereocenters. The van der Waals surface area contributed by atoms with E-state index in [0.29, 0.717) is 0 Å². The van der Waals surface area contributed by atoms with Gasteiger partial charge in [-0.3, -0.25) is 4.79 Å². The lowest BCUT2D eigenvalue weighted by atomic mass is 10.2. The summed E-state index contributed by atoms with van der Waals surface area (Å²) in [7, 11) is 0. The average molecular weight is 233 g/mol. The maximum atomic E-state index is 10.6. The lowest BCUT2D eigenvalue weighted by molar-refractivity contribution is -0.104. The van der Waals surface area contributed by atoms with E-state index in [-0.39, 0.29) is 0 Å². The lowest BCUT2D eigenvalue weighted by Crippen LogP contribution is -2.18. The van der Waals surface area contributed by atoms with E-state index < -0.39 is 0 Å². The van der Waals surface area contributed by atoms with Crippen molar-refractivity contribution in [1.29, 1.82) is 0 Å². The van der Waals surface area contributed by atoms with E-state index in [1.807, 2.05) is 12.1 Å². The number of hydrogen-bond donors (Lipinski definition) is 0. The fourth-order valence-electron chi connectivity index (χ4n) is 1.78. The Morgan fingerprint density at radius 1 is 1.38 bits per heavy atom. The molecule has 0 aromatic heterocycles. The molecule has 16 heavy (non-hydrogen) atoms. The second-order valence-electron chi connectivity index (χ2n) is 3.72. The van der Waals surface area contributed by atoms with Crippen molar-refractivity contribution in [2.45, 2.75) is 24.7 Å². The molecule has 0 saturated heterocycles. The Balaban J connectivity index is 2.28. The maximum Gasteiger partial charge on any atom is 0.145 e. The van der Waals surface area contributed by atoms with E-state index in [0.717, 1.165) is 30.7 Å². The molecule has 0 saturated carbocycles. The van der Waals surface area contributed by atoms with Crippen molar-refractivity contribution in [3.8, 4) is 0 Å². The van der Waals surface area contributed by atoms with E-state index in [1.54, 1.807) is 17.8 Å². The maximum absolute atomic E-state index is 10.6. The summed E-state index contributed by atoms with van der Waals surface area (Å²) in [5.74, 6) is 0. The first kappa shape index (κ1) is 11.3. The molecule has 3 heteroatoms. The van der Waals surface area contributed by atoms with Gasteiger partial charge in [0.25, 0.3) is 0 Å². The number of hydrogen-bond acceptors (Lipinski definition) is 3. The minimum atomic E-state index is 0.868. The Bertz CT molecular complexity index is 414. The predicted molar refractivity (Wildman–Crippen MR) is 68.7 cm³/mol. The number of aldehydes is 1. The van der Waals surface area contributed by atoms with E-state index in [2.05, 4.69) is 24.0 Å². The highest BCUT2D eigenvalue weighted by atomic mass is 32.2. The van der Waals surface area contributed by atoms with Crippen molar-refractivity contribution in [2.75, 3.05) is 11.4 Å². The number of para-hydroxylation sites is 1. The van der Waals surface area contributed by atoms with Gasteiger partial charge in [0.05, 0.1) is 10.7 Å².